The van der Waals surface area contributed by atoms with Gasteiger partial charge in [0.15, 0.2) is 0 Å². The minimum atomic E-state index is -3.41. The normalized spacial score (nSPS) is 16.8. The number of carbonyl (C=O) groups is 1. The summed E-state index contributed by atoms with van der Waals surface area (Å²) in [7, 11) is -3.41. The molecule has 1 aliphatic rings. The van der Waals surface area contributed by atoms with Crippen molar-refractivity contribution in [2.24, 2.45) is 0 Å². The first-order chi connectivity index (χ1) is 9.90. The zero-order chi connectivity index (χ0) is 15.5. The van der Waals surface area contributed by atoms with E-state index in [0.29, 0.717) is 24.3 Å². The molecular weight excluding hydrogens is 290 g/mol. The molecule has 1 N–H and O–H groups in total. The standard InChI is InChI=1S/C14H21N3O3S/c1-3-16-8-10-17(11-9-16)14(18)12-6-4-5-7-13(12)15-21(2,19)20/h4-7,15H,3,8-11H2,1-2H3. The molecule has 7 heteroatoms. The lowest BCUT2D eigenvalue weighted by Gasteiger charge is -2.34. The highest BCUT2D eigenvalue weighted by molar-refractivity contribution is 7.92. The Labute approximate surface area is 125 Å². The predicted octanol–water partition coefficient (Wildman–Crippen LogP) is 0.836. The fourth-order valence-electron chi connectivity index (χ4n) is 2.40. The summed E-state index contributed by atoms with van der Waals surface area (Å²) < 4.78 is 25.2. The molecule has 2 rings (SSSR count). The van der Waals surface area contributed by atoms with Crippen LogP contribution in [-0.2, 0) is 10.0 Å². The summed E-state index contributed by atoms with van der Waals surface area (Å²) in [6.07, 6.45) is 1.08. The van der Waals surface area contributed by atoms with Crippen LogP contribution in [0.4, 0.5) is 5.69 Å². The Morgan fingerprint density at radius 3 is 2.38 bits per heavy atom. The van der Waals surface area contributed by atoms with Crippen LogP contribution in [0.2, 0.25) is 0 Å². The van der Waals surface area contributed by atoms with E-state index in [1.807, 2.05) is 0 Å². The number of benzene rings is 1. The second-order valence-corrected chi connectivity index (χ2v) is 6.89. The highest BCUT2D eigenvalue weighted by Crippen LogP contribution is 2.19. The highest BCUT2D eigenvalue weighted by atomic mass is 32.2. The molecular formula is C14H21N3O3S. The van der Waals surface area contributed by atoms with Gasteiger partial charge in [-0.05, 0) is 18.7 Å². The van der Waals surface area contributed by atoms with Gasteiger partial charge < -0.3 is 9.80 Å². The average Bonchev–Trinajstić information content (AvgIpc) is 2.45. The summed E-state index contributed by atoms with van der Waals surface area (Å²) in [5.74, 6) is -0.127. The van der Waals surface area contributed by atoms with Crippen LogP contribution in [0.15, 0.2) is 24.3 Å². The third-order valence-corrected chi connectivity index (χ3v) is 4.15. The van der Waals surface area contributed by atoms with Gasteiger partial charge in [0, 0.05) is 26.2 Å². The van der Waals surface area contributed by atoms with Crippen molar-refractivity contribution in [1.29, 1.82) is 0 Å². The smallest absolute Gasteiger partial charge is 0.256 e. The molecule has 0 saturated carbocycles. The summed E-state index contributed by atoms with van der Waals surface area (Å²) in [4.78, 5) is 16.6. The van der Waals surface area contributed by atoms with Crippen LogP contribution in [0.1, 0.15) is 17.3 Å². The molecule has 21 heavy (non-hydrogen) atoms. The Morgan fingerprint density at radius 1 is 1.19 bits per heavy atom. The number of para-hydroxylation sites is 1. The average molecular weight is 311 g/mol. The lowest BCUT2D eigenvalue weighted by molar-refractivity contribution is 0.0644. The number of anilines is 1. The van der Waals surface area contributed by atoms with Crippen LogP contribution in [0.5, 0.6) is 0 Å². The Balaban J connectivity index is 2.16. The van der Waals surface area contributed by atoms with Gasteiger partial charge in [-0.25, -0.2) is 8.42 Å². The van der Waals surface area contributed by atoms with E-state index >= 15 is 0 Å². The van der Waals surface area contributed by atoms with Gasteiger partial charge in [0.2, 0.25) is 10.0 Å². The van der Waals surface area contributed by atoms with Crippen LogP contribution in [0.25, 0.3) is 0 Å². The molecule has 1 aromatic rings. The molecule has 1 amide bonds. The van der Waals surface area contributed by atoms with Crippen LogP contribution >= 0.6 is 0 Å². The summed E-state index contributed by atoms with van der Waals surface area (Å²) >= 11 is 0. The molecule has 0 radical (unpaired) electrons. The summed E-state index contributed by atoms with van der Waals surface area (Å²) in [6, 6.07) is 6.71. The highest BCUT2D eigenvalue weighted by Gasteiger charge is 2.23. The first-order valence-electron chi connectivity index (χ1n) is 6.99. The van der Waals surface area contributed by atoms with Crippen molar-refractivity contribution in [3.8, 4) is 0 Å². The van der Waals surface area contributed by atoms with Crippen molar-refractivity contribution in [2.45, 2.75) is 6.92 Å². The van der Waals surface area contributed by atoms with Gasteiger partial charge in [-0.1, -0.05) is 19.1 Å². The topological polar surface area (TPSA) is 69.7 Å². The number of piperazine rings is 1. The quantitative estimate of drug-likeness (QED) is 0.894. The first-order valence-corrected chi connectivity index (χ1v) is 8.88. The third kappa shape index (κ3) is 4.18. The van der Waals surface area contributed by atoms with Gasteiger partial charge in [0.05, 0.1) is 17.5 Å². The Kier molecular flexibility index (Phi) is 4.84. The third-order valence-electron chi connectivity index (χ3n) is 3.56. The number of hydrogen-bond donors (Lipinski definition) is 1. The number of rotatable bonds is 4. The van der Waals surface area contributed by atoms with E-state index in [2.05, 4.69) is 16.5 Å². The van der Waals surface area contributed by atoms with E-state index in [9.17, 15) is 13.2 Å². The number of likely N-dealkylation sites (N-methyl/N-ethyl adjacent to an activating group) is 1. The Hall–Kier alpha value is -1.60. The number of sulfonamides is 1. The molecule has 1 aliphatic heterocycles. The molecule has 1 saturated heterocycles. The fraction of sp³-hybridized carbons (Fsp3) is 0.500. The summed E-state index contributed by atoms with van der Waals surface area (Å²) in [6.45, 7) is 6.12. The molecule has 0 aromatic heterocycles. The first kappa shape index (κ1) is 15.8. The zero-order valence-electron chi connectivity index (χ0n) is 12.4. The van der Waals surface area contributed by atoms with Crippen molar-refractivity contribution in [3.63, 3.8) is 0 Å². The maximum absolute atomic E-state index is 12.6. The Bertz CT molecular complexity index is 608. The van der Waals surface area contributed by atoms with Crippen LogP contribution in [0, 0.1) is 0 Å². The predicted molar refractivity (Wildman–Crippen MR) is 82.9 cm³/mol. The molecule has 0 spiro atoms. The van der Waals surface area contributed by atoms with Crippen molar-refractivity contribution in [2.75, 3.05) is 43.7 Å². The van der Waals surface area contributed by atoms with E-state index in [0.717, 1.165) is 25.9 Å². The summed E-state index contributed by atoms with van der Waals surface area (Å²) in [5.41, 5.74) is 0.732. The molecule has 116 valence electrons. The van der Waals surface area contributed by atoms with E-state index < -0.39 is 10.0 Å². The van der Waals surface area contributed by atoms with Gasteiger partial charge >= 0.3 is 0 Å². The number of hydrogen-bond acceptors (Lipinski definition) is 4. The lowest BCUT2D eigenvalue weighted by Crippen LogP contribution is -2.48. The van der Waals surface area contributed by atoms with Crippen molar-refractivity contribution in [3.05, 3.63) is 29.8 Å². The second-order valence-electron chi connectivity index (χ2n) is 5.15. The van der Waals surface area contributed by atoms with Crippen LogP contribution in [-0.4, -0.2) is 63.1 Å². The zero-order valence-corrected chi connectivity index (χ0v) is 13.2. The maximum atomic E-state index is 12.6. The minimum Gasteiger partial charge on any atom is -0.336 e. The number of nitrogens with zero attached hydrogens (tertiary/aromatic N) is 2. The molecule has 0 aliphatic carbocycles. The fourth-order valence-corrected chi connectivity index (χ4v) is 2.97. The molecule has 1 fully saturated rings. The van der Waals surface area contributed by atoms with Crippen LogP contribution in [0.3, 0.4) is 0 Å². The van der Waals surface area contributed by atoms with Crippen molar-refractivity contribution in [1.82, 2.24) is 9.80 Å². The van der Waals surface area contributed by atoms with E-state index in [1.54, 1.807) is 29.2 Å². The SMILES string of the molecule is CCN1CCN(C(=O)c2ccccc2NS(C)(=O)=O)CC1. The van der Waals surface area contributed by atoms with E-state index in [-0.39, 0.29) is 5.91 Å². The minimum absolute atomic E-state index is 0.127. The molecule has 1 heterocycles. The molecule has 6 nitrogen and oxygen atoms in total. The van der Waals surface area contributed by atoms with E-state index in [1.165, 1.54) is 0 Å². The van der Waals surface area contributed by atoms with Crippen molar-refractivity contribution < 1.29 is 13.2 Å². The molecule has 0 atom stereocenters. The number of amides is 1. The summed E-state index contributed by atoms with van der Waals surface area (Å²) in [5, 5.41) is 0. The number of carbonyl (C=O) groups excluding carboxylic acids is 1. The Morgan fingerprint density at radius 2 is 1.81 bits per heavy atom. The largest absolute Gasteiger partial charge is 0.336 e. The molecule has 0 bridgehead atoms. The van der Waals surface area contributed by atoms with Gasteiger partial charge in [-0.2, -0.15) is 0 Å². The van der Waals surface area contributed by atoms with Gasteiger partial charge in [-0.3, -0.25) is 9.52 Å². The lowest BCUT2D eigenvalue weighted by atomic mass is 10.1. The van der Waals surface area contributed by atoms with E-state index in [4.69, 9.17) is 0 Å². The monoisotopic (exact) mass is 311 g/mol. The maximum Gasteiger partial charge on any atom is 0.256 e. The van der Waals surface area contributed by atoms with Gasteiger partial charge in [-0.15, -0.1) is 0 Å². The second kappa shape index (κ2) is 6.44. The van der Waals surface area contributed by atoms with Gasteiger partial charge in [0.25, 0.3) is 5.91 Å². The number of nitrogens with one attached hydrogen (secondary N) is 1. The van der Waals surface area contributed by atoms with Gasteiger partial charge in [0.1, 0.15) is 0 Å². The van der Waals surface area contributed by atoms with Crippen molar-refractivity contribution >= 4 is 21.6 Å². The molecule has 1 aromatic carbocycles. The van der Waals surface area contributed by atoms with Crippen LogP contribution < -0.4 is 4.72 Å². The molecule has 0 unspecified atom stereocenters.